The minimum absolute atomic E-state index is 0.386. The van der Waals surface area contributed by atoms with Crippen LogP contribution in [0, 0.1) is 11.8 Å². The Kier molecular flexibility index (Phi) is 6.52. The molecule has 0 radical (unpaired) electrons. The van der Waals surface area contributed by atoms with Gasteiger partial charge in [0.2, 0.25) is 0 Å². The van der Waals surface area contributed by atoms with E-state index in [-0.39, 0.29) is 0 Å². The molecule has 2 heteroatoms. The predicted octanol–water partition coefficient (Wildman–Crippen LogP) is 5.62. The van der Waals surface area contributed by atoms with E-state index in [4.69, 9.17) is 11.5 Å². The Morgan fingerprint density at radius 2 is 1.59 bits per heavy atom. The lowest BCUT2D eigenvalue weighted by molar-refractivity contribution is 0.525. The summed E-state index contributed by atoms with van der Waals surface area (Å²) in [5.74, 6) is 1.60. The number of allylic oxidation sites excluding steroid dienone is 1. The van der Waals surface area contributed by atoms with E-state index >= 15 is 0 Å². The molecule has 0 aliphatic carbocycles. The molecule has 1 unspecified atom stereocenters. The standard InChI is InChI=1S/C20H34N2/c1-12(2)8-15(7)18-19(21)16(9-13(3)4)11-17(20(18)22)10-14(5)6/h9,11-12,14-15H,8,10,21-22H2,1-7H3. The third-order valence-corrected chi connectivity index (χ3v) is 3.96. The summed E-state index contributed by atoms with van der Waals surface area (Å²) < 4.78 is 0. The smallest absolute Gasteiger partial charge is 0.0443 e. The first-order valence-corrected chi connectivity index (χ1v) is 8.49. The predicted molar refractivity (Wildman–Crippen MR) is 101 cm³/mol. The largest absolute Gasteiger partial charge is 0.398 e. The van der Waals surface area contributed by atoms with Crippen LogP contribution in [0.2, 0.25) is 0 Å². The van der Waals surface area contributed by atoms with E-state index in [1.807, 2.05) is 0 Å². The third-order valence-electron chi connectivity index (χ3n) is 3.96. The molecule has 0 aromatic heterocycles. The van der Waals surface area contributed by atoms with E-state index in [9.17, 15) is 0 Å². The molecule has 0 spiro atoms. The van der Waals surface area contributed by atoms with Gasteiger partial charge in [-0.15, -0.1) is 0 Å². The summed E-state index contributed by atoms with van der Waals surface area (Å²) in [7, 11) is 0. The molecule has 0 aliphatic rings. The summed E-state index contributed by atoms with van der Waals surface area (Å²) in [6.45, 7) is 15.4. The Morgan fingerprint density at radius 3 is 2.05 bits per heavy atom. The molecule has 2 nitrogen and oxygen atoms in total. The Labute approximate surface area is 137 Å². The van der Waals surface area contributed by atoms with E-state index in [0.717, 1.165) is 35.3 Å². The summed E-state index contributed by atoms with van der Waals surface area (Å²) in [6.07, 6.45) is 4.27. The molecule has 0 aliphatic heterocycles. The quantitative estimate of drug-likeness (QED) is 0.670. The van der Waals surface area contributed by atoms with Crippen LogP contribution >= 0.6 is 0 Å². The van der Waals surface area contributed by atoms with Crippen molar-refractivity contribution in [2.45, 2.75) is 67.2 Å². The SMILES string of the molecule is CC(C)=Cc1cc(CC(C)C)c(N)c(C(C)CC(C)C)c1N. The molecular formula is C20H34N2. The van der Waals surface area contributed by atoms with Gasteiger partial charge in [0.1, 0.15) is 0 Å². The number of nitrogens with two attached hydrogens (primary N) is 2. The summed E-state index contributed by atoms with van der Waals surface area (Å²) in [4.78, 5) is 0. The van der Waals surface area contributed by atoms with Crippen molar-refractivity contribution in [1.29, 1.82) is 0 Å². The van der Waals surface area contributed by atoms with Gasteiger partial charge in [0.05, 0.1) is 0 Å². The molecule has 1 aromatic carbocycles. The fourth-order valence-corrected chi connectivity index (χ4v) is 3.21. The lowest BCUT2D eigenvalue weighted by Gasteiger charge is -2.23. The second kappa shape index (κ2) is 7.71. The van der Waals surface area contributed by atoms with Crippen LogP contribution in [-0.4, -0.2) is 0 Å². The topological polar surface area (TPSA) is 52.0 Å². The highest BCUT2D eigenvalue weighted by Gasteiger charge is 2.19. The molecule has 0 saturated heterocycles. The summed E-state index contributed by atoms with van der Waals surface area (Å²) in [5, 5.41) is 0. The first-order chi connectivity index (χ1) is 10.1. The number of benzene rings is 1. The van der Waals surface area contributed by atoms with Gasteiger partial charge in [-0.25, -0.2) is 0 Å². The Balaban J connectivity index is 3.47. The number of hydrogen-bond acceptors (Lipinski definition) is 2. The van der Waals surface area contributed by atoms with Gasteiger partial charge >= 0.3 is 0 Å². The average Bonchev–Trinajstić information content (AvgIpc) is 2.33. The highest BCUT2D eigenvalue weighted by molar-refractivity contribution is 5.77. The van der Waals surface area contributed by atoms with Gasteiger partial charge in [-0.3, -0.25) is 0 Å². The van der Waals surface area contributed by atoms with Gasteiger partial charge in [0.25, 0.3) is 0 Å². The van der Waals surface area contributed by atoms with Gasteiger partial charge in [-0.2, -0.15) is 0 Å². The Morgan fingerprint density at radius 1 is 1.00 bits per heavy atom. The van der Waals surface area contributed by atoms with Crippen molar-refractivity contribution in [1.82, 2.24) is 0 Å². The van der Waals surface area contributed by atoms with E-state index in [1.54, 1.807) is 0 Å². The first-order valence-electron chi connectivity index (χ1n) is 8.49. The van der Waals surface area contributed by atoms with Crippen molar-refractivity contribution in [2.75, 3.05) is 11.5 Å². The molecule has 4 N–H and O–H groups in total. The molecule has 0 saturated carbocycles. The first kappa shape index (κ1) is 18.6. The second-order valence-corrected chi connectivity index (χ2v) is 7.72. The lowest BCUT2D eigenvalue weighted by Crippen LogP contribution is -2.11. The molecule has 0 fully saturated rings. The zero-order valence-corrected chi connectivity index (χ0v) is 15.5. The zero-order chi connectivity index (χ0) is 17.0. The van der Waals surface area contributed by atoms with Crippen LogP contribution in [0.3, 0.4) is 0 Å². The fourth-order valence-electron chi connectivity index (χ4n) is 3.21. The van der Waals surface area contributed by atoms with Crippen LogP contribution in [-0.2, 0) is 6.42 Å². The molecule has 22 heavy (non-hydrogen) atoms. The zero-order valence-electron chi connectivity index (χ0n) is 15.5. The van der Waals surface area contributed by atoms with Crippen molar-refractivity contribution in [3.8, 4) is 0 Å². The highest BCUT2D eigenvalue weighted by Crippen LogP contribution is 2.38. The monoisotopic (exact) mass is 302 g/mol. The van der Waals surface area contributed by atoms with Crippen molar-refractivity contribution < 1.29 is 0 Å². The van der Waals surface area contributed by atoms with E-state index in [2.05, 4.69) is 60.6 Å². The van der Waals surface area contributed by atoms with Crippen LogP contribution in [0.1, 0.15) is 77.5 Å². The van der Waals surface area contributed by atoms with Crippen LogP contribution in [0.4, 0.5) is 11.4 Å². The van der Waals surface area contributed by atoms with Gasteiger partial charge in [-0.05, 0) is 61.6 Å². The van der Waals surface area contributed by atoms with Crippen molar-refractivity contribution >= 4 is 17.5 Å². The number of nitrogen functional groups attached to an aromatic ring is 2. The van der Waals surface area contributed by atoms with Gasteiger partial charge in [-0.1, -0.05) is 46.3 Å². The van der Waals surface area contributed by atoms with E-state index in [0.29, 0.717) is 17.8 Å². The molecule has 124 valence electrons. The van der Waals surface area contributed by atoms with Crippen molar-refractivity contribution in [2.24, 2.45) is 11.8 Å². The Hall–Kier alpha value is -1.44. The highest BCUT2D eigenvalue weighted by atomic mass is 14.6. The van der Waals surface area contributed by atoms with Crippen LogP contribution in [0.25, 0.3) is 6.08 Å². The summed E-state index contributed by atoms with van der Waals surface area (Å²) in [5.41, 5.74) is 19.5. The molecule has 1 aromatic rings. The second-order valence-electron chi connectivity index (χ2n) is 7.72. The maximum atomic E-state index is 6.51. The minimum atomic E-state index is 0.386. The molecule has 1 rings (SSSR count). The van der Waals surface area contributed by atoms with E-state index in [1.165, 1.54) is 11.1 Å². The molecule has 1 atom stereocenters. The average molecular weight is 303 g/mol. The van der Waals surface area contributed by atoms with Crippen LogP contribution in [0.15, 0.2) is 11.6 Å². The number of rotatable bonds is 6. The molecule has 0 heterocycles. The molecule has 0 bridgehead atoms. The van der Waals surface area contributed by atoms with Crippen LogP contribution < -0.4 is 11.5 Å². The summed E-state index contributed by atoms with van der Waals surface area (Å²) >= 11 is 0. The number of anilines is 2. The van der Waals surface area contributed by atoms with Gasteiger partial charge < -0.3 is 11.5 Å². The normalized spacial score (nSPS) is 12.8. The Bertz CT molecular complexity index is 535. The lowest BCUT2D eigenvalue weighted by atomic mass is 9.85. The maximum absolute atomic E-state index is 6.51. The maximum Gasteiger partial charge on any atom is 0.0443 e. The van der Waals surface area contributed by atoms with Gasteiger partial charge in [0.15, 0.2) is 0 Å². The number of hydrogen-bond donors (Lipinski definition) is 2. The van der Waals surface area contributed by atoms with Gasteiger partial charge in [0, 0.05) is 16.9 Å². The molecule has 0 amide bonds. The summed E-state index contributed by atoms with van der Waals surface area (Å²) in [6, 6.07) is 2.18. The van der Waals surface area contributed by atoms with Crippen molar-refractivity contribution in [3.05, 3.63) is 28.3 Å². The third kappa shape index (κ3) is 4.79. The molecular weight excluding hydrogens is 268 g/mol. The van der Waals surface area contributed by atoms with Crippen LogP contribution in [0.5, 0.6) is 0 Å². The van der Waals surface area contributed by atoms with Crippen molar-refractivity contribution in [3.63, 3.8) is 0 Å². The van der Waals surface area contributed by atoms with E-state index < -0.39 is 0 Å². The fraction of sp³-hybridized carbons (Fsp3) is 0.600. The minimum Gasteiger partial charge on any atom is -0.398 e.